The first-order valence-electron chi connectivity index (χ1n) is 9.73. The number of morpholine rings is 1. The molecule has 0 aromatic heterocycles. The Balaban J connectivity index is 1.91. The van der Waals surface area contributed by atoms with E-state index in [-0.39, 0.29) is 30.4 Å². The Labute approximate surface area is 176 Å². The van der Waals surface area contributed by atoms with Crippen LogP contribution in [0.1, 0.15) is 22.3 Å². The third-order valence-electron chi connectivity index (χ3n) is 5.41. The number of allylic oxidation sites excluding steroid dienone is 1. The monoisotopic (exact) mass is 428 g/mol. The molecule has 0 saturated carbocycles. The summed E-state index contributed by atoms with van der Waals surface area (Å²) in [6.45, 7) is 4.48. The number of ether oxygens (including phenoxy) is 1. The molecule has 1 saturated heterocycles. The molecule has 1 aliphatic carbocycles. The number of nitrogens with zero attached hydrogens (tertiary/aromatic N) is 2. The van der Waals surface area contributed by atoms with Gasteiger partial charge in [-0.1, -0.05) is 36.4 Å². The van der Waals surface area contributed by atoms with Gasteiger partial charge in [0.25, 0.3) is 10.0 Å². The number of sulfonamides is 1. The molecule has 1 unspecified atom stereocenters. The molecule has 1 aliphatic heterocycles. The minimum Gasteiger partial charge on any atom is -0.395 e. The van der Waals surface area contributed by atoms with Crippen molar-refractivity contribution in [2.75, 3.05) is 26.3 Å². The fourth-order valence-electron chi connectivity index (χ4n) is 3.92. The molecule has 0 radical (unpaired) electrons. The van der Waals surface area contributed by atoms with E-state index in [0.29, 0.717) is 28.9 Å². The molecular formula is C22H24N2O5S. The summed E-state index contributed by atoms with van der Waals surface area (Å²) >= 11 is 0. The summed E-state index contributed by atoms with van der Waals surface area (Å²) < 4.78 is 36.2. The molecule has 2 aromatic rings. The molecule has 4 rings (SSSR count). The van der Waals surface area contributed by atoms with E-state index in [1.807, 2.05) is 13.0 Å². The third-order valence-corrected chi connectivity index (χ3v) is 6.84. The minimum atomic E-state index is -3.99. The second kappa shape index (κ2) is 7.63. The fraction of sp³-hybridized carbons (Fsp3) is 0.318. The zero-order chi connectivity index (χ0) is 21.5. The van der Waals surface area contributed by atoms with Crippen molar-refractivity contribution in [1.29, 1.82) is 0 Å². The lowest BCUT2D eigenvalue weighted by molar-refractivity contribution is -0.219. The lowest BCUT2D eigenvalue weighted by Gasteiger charge is -2.45. The maximum atomic E-state index is 13.2. The number of fused-ring (bicyclic) bond motifs is 3. The van der Waals surface area contributed by atoms with Crippen LogP contribution in [0.15, 0.2) is 63.5 Å². The second-order valence-corrected chi connectivity index (χ2v) is 9.07. The highest BCUT2D eigenvalue weighted by molar-refractivity contribution is 7.90. The molecule has 30 heavy (non-hydrogen) atoms. The van der Waals surface area contributed by atoms with Gasteiger partial charge < -0.3 is 19.8 Å². The van der Waals surface area contributed by atoms with Crippen molar-refractivity contribution in [2.24, 2.45) is 4.40 Å². The number of aliphatic hydroxyl groups is 2. The number of aryl methyl sites for hydroxylation is 2. The number of benzene rings is 2. The van der Waals surface area contributed by atoms with Gasteiger partial charge >= 0.3 is 0 Å². The molecule has 0 spiro atoms. The van der Waals surface area contributed by atoms with Crippen LogP contribution in [0.4, 0.5) is 0 Å². The van der Waals surface area contributed by atoms with Crippen LogP contribution in [0.3, 0.4) is 0 Å². The molecule has 0 bridgehead atoms. The highest BCUT2D eigenvalue weighted by atomic mass is 32.2. The first-order chi connectivity index (χ1) is 14.3. The summed E-state index contributed by atoms with van der Waals surface area (Å²) in [5.41, 5.74) is 2.95. The summed E-state index contributed by atoms with van der Waals surface area (Å²) in [5.74, 6) is -1.72. The zero-order valence-electron chi connectivity index (χ0n) is 16.9. The third kappa shape index (κ3) is 3.45. The molecule has 1 fully saturated rings. The molecule has 2 aliphatic rings. The van der Waals surface area contributed by atoms with E-state index in [9.17, 15) is 18.6 Å². The minimum absolute atomic E-state index is 0.109. The van der Waals surface area contributed by atoms with E-state index in [1.165, 1.54) is 0 Å². The number of β-amino-alcohol motifs (C(OH)–C–C–N with tert-alkyl or cyclic N) is 1. The zero-order valence-corrected chi connectivity index (χ0v) is 17.7. The standard InChI is InChI=1S/C22H24N2O5S/c1-15-7-8-16(2)20(13-15)30(27,28)23-19-14-21-22(26,18-6-4-3-5-17(18)19)29-12-10-24(21)9-11-25/h3-8,13-14,25-26H,9-12H2,1-2H3/b23-19+. The molecule has 2 N–H and O–H groups in total. The Bertz CT molecular complexity index is 1150. The first kappa shape index (κ1) is 20.7. The van der Waals surface area contributed by atoms with Crippen LogP contribution < -0.4 is 0 Å². The number of rotatable bonds is 4. The van der Waals surface area contributed by atoms with Crippen LogP contribution in [-0.2, 0) is 20.5 Å². The highest BCUT2D eigenvalue weighted by Gasteiger charge is 2.46. The van der Waals surface area contributed by atoms with Crippen molar-refractivity contribution in [1.82, 2.24) is 4.90 Å². The quantitative estimate of drug-likeness (QED) is 0.771. The molecule has 1 heterocycles. The van der Waals surface area contributed by atoms with Crippen LogP contribution >= 0.6 is 0 Å². The van der Waals surface area contributed by atoms with Gasteiger partial charge in [0, 0.05) is 24.2 Å². The average molecular weight is 429 g/mol. The maximum absolute atomic E-state index is 13.2. The molecule has 158 valence electrons. The molecule has 8 heteroatoms. The molecule has 1 atom stereocenters. The summed E-state index contributed by atoms with van der Waals surface area (Å²) in [4.78, 5) is 1.94. The van der Waals surface area contributed by atoms with Crippen LogP contribution in [0.25, 0.3) is 0 Å². The van der Waals surface area contributed by atoms with Gasteiger partial charge in [-0.2, -0.15) is 12.8 Å². The van der Waals surface area contributed by atoms with Crippen LogP contribution in [0.5, 0.6) is 0 Å². The number of hydrogen-bond donors (Lipinski definition) is 2. The Morgan fingerprint density at radius 1 is 1.20 bits per heavy atom. The Morgan fingerprint density at radius 3 is 2.73 bits per heavy atom. The van der Waals surface area contributed by atoms with E-state index >= 15 is 0 Å². The number of hydrogen-bond acceptors (Lipinski definition) is 6. The lowest BCUT2D eigenvalue weighted by Crippen LogP contribution is -2.50. The van der Waals surface area contributed by atoms with Crippen LogP contribution in [0.2, 0.25) is 0 Å². The average Bonchev–Trinajstić information content (AvgIpc) is 2.71. The van der Waals surface area contributed by atoms with Gasteiger partial charge in [-0.25, -0.2) is 0 Å². The fourth-order valence-corrected chi connectivity index (χ4v) is 5.24. The molecule has 0 amide bonds. The van der Waals surface area contributed by atoms with Crippen molar-refractivity contribution in [3.63, 3.8) is 0 Å². The summed E-state index contributed by atoms with van der Waals surface area (Å²) in [6, 6.07) is 12.1. The van der Waals surface area contributed by atoms with E-state index in [0.717, 1.165) is 5.56 Å². The molecular weight excluding hydrogens is 404 g/mol. The maximum Gasteiger partial charge on any atom is 0.283 e. The topological polar surface area (TPSA) is 99.4 Å². The lowest BCUT2D eigenvalue weighted by atomic mass is 9.86. The van der Waals surface area contributed by atoms with Crippen molar-refractivity contribution in [3.8, 4) is 0 Å². The van der Waals surface area contributed by atoms with Crippen LogP contribution in [0, 0.1) is 13.8 Å². The molecule has 2 aromatic carbocycles. The van der Waals surface area contributed by atoms with Gasteiger partial charge in [-0.05, 0) is 37.1 Å². The first-order valence-corrected chi connectivity index (χ1v) is 11.2. The normalized spacial score (nSPS) is 22.5. The van der Waals surface area contributed by atoms with Gasteiger partial charge in [0.1, 0.15) is 0 Å². The Kier molecular flexibility index (Phi) is 5.27. The van der Waals surface area contributed by atoms with E-state index < -0.39 is 15.8 Å². The Morgan fingerprint density at radius 2 is 1.97 bits per heavy atom. The smallest absolute Gasteiger partial charge is 0.283 e. The van der Waals surface area contributed by atoms with Gasteiger partial charge in [-0.15, -0.1) is 0 Å². The van der Waals surface area contributed by atoms with Crippen molar-refractivity contribution in [2.45, 2.75) is 24.5 Å². The van der Waals surface area contributed by atoms with Crippen LogP contribution in [-0.4, -0.2) is 55.5 Å². The highest BCUT2D eigenvalue weighted by Crippen LogP contribution is 2.41. The molecule has 7 nitrogen and oxygen atoms in total. The predicted octanol–water partition coefficient (Wildman–Crippen LogP) is 1.85. The van der Waals surface area contributed by atoms with E-state index in [1.54, 1.807) is 54.3 Å². The second-order valence-electron chi connectivity index (χ2n) is 7.50. The van der Waals surface area contributed by atoms with Crippen molar-refractivity contribution in [3.05, 3.63) is 76.5 Å². The Hall–Kier alpha value is -2.52. The van der Waals surface area contributed by atoms with E-state index in [2.05, 4.69) is 4.40 Å². The van der Waals surface area contributed by atoms with Crippen molar-refractivity contribution >= 4 is 15.7 Å². The van der Waals surface area contributed by atoms with Gasteiger partial charge in [0.05, 0.1) is 29.5 Å². The summed E-state index contributed by atoms with van der Waals surface area (Å²) in [7, 11) is -3.99. The van der Waals surface area contributed by atoms with Gasteiger partial charge in [0.2, 0.25) is 5.79 Å². The number of aliphatic hydroxyl groups excluding tert-OH is 1. The summed E-state index contributed by atoms with van der Waals surface area (Å²) in [5, 5.41) is 20.8. The van der Waals surface area contributed by atoms with Gasteiger partial charge in [0.15, 0.2) is 0 Å². The summed E-state index contributed by atoms with van der Waals surface area (Å²) in [6.07, 6.45) is 1.54. The largest absolute Gasteiger partial charge is 0.395 e. The van der Waals surface area contributed by atoms with Gasteiger partial charge in [-0.3, -0.25) is 0 Å². The van der Waals surface area contributed by atoms with Crippen molar-refractivity contribution < 1.29 is 23.4 Å². The predicted molar refractivity (Wildman–Crippen MR) is 113 cm³/mol. The van der Waals surface area contributed by atoms with E-state index in [4.69, 9.17) is 4.74 Å². The SMILES string of the molecule is Cc1ccc(C)c(S(=O)(=O)/N=C2\C=C3N(CCO)CCOC3(O)c3ccccc32)c1.